The molecule has 2 bridgehead atoms. The summed E-state index contributed by atoms with van der Waals surface area (Å²) in [5, 5.41) is 5.03. The fraction of sp³-hybridized carbons (Fsp3) is 0.389. The number of hydrogen-bond acceptors (Lipinski definition) is 4. The van der Waals surface area contributed by atoms with Crippen LogP contribution in [0.1, 0.15) is 28.1 Å². The summed E-state index contributed by atoms with van der Waals surface area (Å²) in [6.07, 6.45) is 5.79. The summed E-state index contributed by atoms with van der Waals surface area (Å²) in [4.78, 5) is 31.7. The van der Waals surface area contributed by atoms with Gasteiger partial charge < -0.3 is 10.2 Å². The quantitative estimate of drug-likeness (QED) is 0.926. The number of amides is 2. The molecule has 3 atom stereocenters. The van der Waals surface area contributed by atoms with Gasteiger partial charge in [-0.1, -0.05) is 12.1 Å². The van der Waals surface area contributed by atoms with E-state index in [4.69, 9.17) is 0 Å². The van der Waals surface area contributed by atoms with Crippen LogP contribution in [0.2, 0.25) is 0 Å². The molecule has 0 spiro atoms. The van der Waals surface area contributed by atoms with Crippen LogP contribution < -0.4 is 5.32 Å². The number of pyridine rings is 1. The van der Waals surface area contributed by atoms with Crippen molar-refractivity contribution in [2.45, 2.75) is 31.3 Å². The number of carbonyl (C=O) groups is 2. The lowest BCUT2D eigenvalue weighted by molar-refractivity contribution is -0.132. The van der Waals surface area contributed by atoms with E-state index in [1.807, 2.05) is 34.5 Å². The second kappa shape index (κ2) is 6.36. The summed E-state index contributed by atoms with van der Waals surface area (Å²) in [5.74, 6) is 0.606. The van der Waals surface area contributed by atoms with E-state index in [0.29, 0.717) is 12.3 Å². The van der Waals surface area contributed by atoms with Gasteiger partial charge in [0.25, 0.3) is 5.91 Å². The first-order valence-electron chi connectivity index (χ1n) is 8.23. The van der Waals surface area contributed by atoms with Crippen LogP contribution in [0, 0.1) is 5.92 Å². The van der Waals surface area contributed by atoms with Gasteiger partial charge in [0.15, 0.2) is 0 Å². The van der Waals surface area contributed by atoms with Crippen molar-refractivity contribution in [3.05, 3.63) is 52.5 Å². The molecule has 1 saturated carbocycles. The molecule has 2 fully saturated rings. The highest BCUT2D eigenvalue weighted by molar-refractivity contribution is 7.12. The molecule has 2 aromatic rings. The summed E-state index contributed by atoms with van der Waals surface area (Å²) in [5.41, 5.74) is 0.935. The van der Waals surface area contributed by atoms with Gasteiger partial charge in [-0.2, -0.15) is 0 Å². The molecule has 1 aliphatic heterocycles. The van der Waals surface area contributed by atoms with Crippen molar-refractivity contribution in [2.24, 2.45) is 5.92 Å². The summed E-state index contributed by atoms with van der Waals surface area (Å²) in [7, 11) is 0. The molecule has 1 aliphatic carbocycles. The van der Waals surface area contributed by atoms with Gasteiger partial charge in [-0.3, -0.25) is 14.6 Å². The van der Waals surface area contributed by atoms with Gasteiger partial charge in [-0.15, -0.1) is 11.3 Å². The van der Waals surface area contributed by atoms with Crippen LogP contribution in [-0.4, -0.2) is 40.3 Å². The Bertz CT molecular complexity index is 732. The fourth-order valence-electron chi connectivity index (χ4n) is 3.89. The molecule has 0 aromatic carbocycles. The Morgan fingerprint density at radius 2 is 2.21 bits per heavy atom. The van der Waals surface area contributed by atoms with Crippen molar-refractivity contribution in [1.29, 1.82) is 0 Å². The highest BCUT2D eigenvalue weighted by Gasteiger charge is 2.47. The van der Waals surface area contributed by atoms with E-state index in [2.05, 4.69) is 10.3 Å². The van der Waals surface area contributed by atoms with Crippen molar-refractivity contribution in [1.82, 2.24) is 15.2 Å². The standard InChI is InChI=1S/C18H19N3O2S/c22-17(9-12-3-1-5-19-10-12)21-11-13-7-14(15(21)8-13)20-18(23)16-4-2-6-24-16/h1-6,10,13-15H,7-9,11H2,(H,20,23). The number of aromatic nitrogens is 1. The van der Waals surface area contributed by atoms with Gasteiger partial charge >= 0.3 is 0 Å². The summed E-state index contributed by atoms with van der Waals surface area (Å²) >= 11 is 1.44. The highest BCUT2D eigenvalue weighted by atomic mass is 32.1. The van der Waals surface area contributed by atoms with Crippen LogP contribution in [-0.2, 0) is 11.2 Å². The smallest absolute Gasteiger partial charge is 0.261 e. The first-order chi connectivity index (χ1) is 11.7. The Kier molecular flexibility index (Phi) is 4.06. The van der Waals surface area contributed by atoms with Crippen molar-refractivity contribution in [2.75, 3.05) is 6.54 Å². The lowest BCUT2D eigenvalue weighted by Crippen LogP contribution is -2.52. The van der Waals surface area contributed by atoms with E-state index in [0.717, 1.165) is 29.8 Å². The molecular weight excluding hydrogens is 322 g/mol. The van der Waals surface area contributed by atoms with Gasteiger partial charge in [-0.05, 0) is 41.8 Å². The van der Waals surface area contributed by atoms with E-state index in [1.165, 1.54) is 11.3 Å². The number of rotatable bonds is 4. The Labute approximate surface area is 144 Å². The third-order valence-electron chi connectivity index (χ3n) is 4.94. The largest absolute Gasteiger partial charge is 0.347 e. The molecule has 1 N–H and O–H groups in total. The molecular formula is C18H19N3O2S. The number of nitrogens with one attached hydrogen (secondary N) is 1. The Morgan fingerprint density at radius 3 is 2.92 bits per heavy atom. The number of fused-ring (bicyclic) bond motifs is 2. The molecule has 124 valence electrons. The predicted molar refractivity (Wildman–Crippen MR) is 91.7 cm³/mol. The fourth-order valence-corrected chi connectivity index (χ4v) is 4.52. The van der Waals surface area contributed by atoms with Gasteiger partial charge in [0.2, 0.25) is 5.91 Å². The monoisotopic (exact) mass is 341 g/mol. The third kappa shape index (κ3) is 2.94. The van der Waals surface area contributed by atoms with Crippen molar-refractivity contribution in [3.63, 3.8) is 0 Å². The number of likely N-dealkylation sites (tertiary alicyclic amines) is 1. The Morgan fingerprint density at radius 1 is 1.29 bits per heavy atom. The van der Waals surface area contributed by atoms with Crippen LogP contribution >= 0.6 is 11.3 Å². The minimum atomic E-state index is -0.0257. The minimum Gasteiger partial charge on any atom is -0.347 e. The SMILES string of the molecule is O=C(NC1CC2CC1N(C(=O)Cc1cccnc1)C2)c1cccs1. The summed E-state index contributed by atoms with van der Waals surface area (Å²) in [6, 6.07) is 7.68. The lowest BCUT2D eigenvalue weighted by atomic mass is 10.0. The Balaban J connectivity index is 1.41. The van der Waals surface area contributed by atoms with Gasteiger partial charge in [0.05, 0.1) is 17.3 Å². The molecule has 1 saturated heterocycles. The van der Waals surface area contributed by atoms with Gasteiger partial charge in [0.1, 0.15) is 0 Å². The second-order valence-electron chi connectivity index (χ2n) is 6.55. The van der Waals surface area contributed by atoms with Gasteiger partial charge in [0, 0.05) is 25.0 Å². The van der Waals surface area contributed by atoms with Crippen LogP contribution in [0.4, 0.5) is 0 Å². The van der Waals surface area contributed by atoms with Crippen LogP contribution in [0.15, 0.2) is 42.0 Å². The van der Waals surface area contributed by atoms with Gasteiger partial charge in [-0.25, -0.2) is 0 Å². The molecule has 24 heavy (non-hydrogen) atoms. The number of carbonyl (C=O) groups excluding carboxylic acids is 2. The molecule has 3 heterocycles. The zero-order chi connectivity index (χ0) is 16.5. The van der Waals surface area contributed by atoms with E-state index < -0.39 is 0 Å². The first-order valence-corrected chi connectivity index (χ1v) is 9.11. The Hall–Kier alpha value is -2.21. The lowest BCUT2D eigenvalue weighted by Gasteiger charge is -2.33. The van der Waals surface area contributed by atoms with Crippen LogP contribution in [0.25, 0.3) is 0 Å². The average Bonchev–Trinajstić information content (AvgIpc) is 3.32. The van der Waals surface area contributed by atoms with Crippen molar-refractivity contribution >= 4 is 23.2 Å². The first kappa shape index (κ1) is 15.3. The molecule has 2 amide bonds. The summed E-state index contributed by atoms with van der Waals surface area (Å²) in [6.45, 7) is 0.815. The number of piperidine rings is 1. The third-order valence-corrected chi connectivity index (χ3v) is 5.81. The molecule has 6 heteroatoms. The van der Waals surface area contributed by atoms with E-state index in [9.17, 15) is 9.59 Å². The molecule has 4 rings (SSSR count). The maximum Gasteiger partial charge on any atom is 0.261 e. The average molecular weight is 341 g/mol. The van der Waals surface area contributed by atoms with E-state index in [-0.39, 0.29) is 23.9 Å². The van der Waals surface area contributed by atoms with Crippen molar-refractivity contribution < 1.29 is 9.59 Å². The predicted octanol–water partition coefficient (Wildman–Crippen LogP) is 2.10. The molecule has 0 radical (unpaired) electrons. The normalized spacial score (nSPS) is 25.0. The number of nitrogens with zero attached hydrogens (tertiary/aromatic N) is 2. The zero-order valence-electron chi connectivity index (χ0n) is 13.2. The number of thiophene rings is 1. The maximum atomic E-state index is 12.7. The van der Waals surface area contributed by atoms with Crippen LogP contribution in [0.3, 0.4) is 0 Å². The molecule has 2 aliphatic rings. The maximum absolute atomic E-state index is 12.7. The summed E-state index contributed by atoms with van der Waals surface area (Å²) < 4.78 is 0. The molecule has 2 aromatic heterocycles. The van der Waals surface area contributed by atoms with E-state index in [1.54, 1.807) is 12.4 Å². The van der Waals surface area contributed by atoms with Crippen molar-refractivity contribution in [3.8, 4) is 0 Å². The second-order valence-corrected chi connectivity index (χ2v) is 7.49. The zero-order valence-corrected chi connectivity index (χ0v) is 14.0. The minimum absolute atomic E-state index is 0.0257. The highest BCUT2D eigenvalue weighted by Crippen LogP contribution is 2.38. The molecule has 5 nitrogen and oxygen atoms in total. The number of hydrogen-bond donors (Lipinski definition) is 1. The topological polar surface area (TPSA) is 62.3 Å². The van der Waals surface area contributed by atoms with Crippen LogP contribution in [0.5, 0.6) is 0 Å². The molecule has 3 unspecified atom stereocenters. The van der Waals surface area contributed by atoms with E-state index >= 15 is 0 Å².